The van der Waals surface area contributed by atoms with Gasteiger partial charge in [-0.1, -0.05) is 321 Å². The van der Waals surface area contributed by atoms with Gasteiger partial charge in [0.15, 0.2) is 0 Å². The lowest BCUT2D eigenvalue weighted by molar-refractivity contribution is -0.132. The van der Waals surface area contributed by atoms with Gasteiger partial charge in [-0.05, 0) is 38.5 Å². The van der Waals surface area contributed by atoms with Crippen LogP contribution in [0.15, 0.2) is 12.2 Å². The minimum Gasteiger partial charge on any atom is -0.394 e. The summed E-state index contributed by atoms with van der Waals surface area (Å²) < 4.78 is 0. The molecule has 0 aromatic carbocycles. The number of rotatable bonds is 58. The first-order valence-corrected chi connectivity index (χ1v) is 31.1. The zero-order valence-corrected chi connectivity index (χ0v) is 46.1. The lowest BCUT2D eigenvalue weighted by atomic mass is 10.00. The van der Waals surface area contributed by atoms with Crippen molar-refractivity contribution in [2.45, 2.75) is 372 Å². The molecule has 5 N–H and O–H groups in total. The molecule has 0 spiro atoms. The third-order valence-electron chi connectivity index (χ3n) is 15.0. The molecule has 0 aliphatic carbocycles. The molecule has 406 valence electrons. The van der Waals surface area contributed by atoms with Gasteiger partial charge in [0.05, 0.1) is 18.8 Å². The molecule has 0 fully saturated rings. The third kappa shape index (κ3) is 50.0. The molecular weight excluding hydrogens is 839 g/mol. The van der Waals surface area contributed by atoms with Gasteiger partial charge in [-0.25, -0.2) is 0 Å². The SMILES string of the molecule is CCCCCCCCCCCCC/C=C/CCCC(O)C(O)C(CO)NC(=O)C(O)CCCCCCCCCCCCCCCCCCCCCCCCCCCCCCCCCCCCCC. The number of hydrogen-bond acceptors (Lipinski definition) is 5. The molecule has 4 unspecified atom stereocenters. The number of carbonyl (C=O) groups is 1. The summed E-state index contributed by atoms with van der Waals surface area (Å²) in [5.41, 5.74) is 0. The van der Waals surface area contributed by atoms with E-state index in [1.54, 1.807) is 0 Å². The average molecular weight is 963 g/mol. The van der Waals surface area contributed by atoms with Crippen LogP contribution in [0.2, 0.25) is 0 Å². The molecule has 0 heterocycles. The molecule has 0 aromatic rings. The molecule has 1 amide bonds. The number of unbranched alkanes of at least 4 members (excludes halogenated alkanes) is 47. The number of hydrogen-bond donors (Lipinski definition) is 5. The molecule has 0 radical (unpaired) electrons. The highest BCUT2D eigenvalue weighted by Crippen LogP contribution is 2.19. The summed E-state index contributed by atoms with van der Waals surface area (Å²) in [7, 11) is 0. The molecule has 0 rings (SSSR count). The number of amides is 1. The average Bonchev–Trinajstić information content (AvgIpc) is 3.34. The van der Waals surface area contributed by atoms with Crippen LogP contribution in [-0.2, 0) is 4.79 Å². The first kappa shape index (κ1) is 67.0. The van der Waals surface area contributed by atoms with E-state index in [9.17, 15) is 25.2 Å². The van der Waals surface area contributed by atoms with E-state index >= 15 is 0 Å². The van der Waals surface area contributed by atoms with Crippen LogP contribution < -0.4 is 5.32 Å². The van der Waals surface area contributed by atoms with Crippen molar-refractivity contribution in [2.75, 3.05) is 6.61 Å². The second-order valence-electron chi connectivity index (χ2n) is 21.8. The summed E-state index contributed by atoms with van der Waals surface area (Å²) in [6.07, 6.45) is 69.0. The van der Waals surface area contributed by atoms with Gasteiger partial charge in [0.1, 0.15) is 12.2 Å². The molecule has 4 atom stereocenters. The Balaban J connectivity index is 3.50. The maximum absolute atomic E-state index is 12.6. The molecule has 0 bridgehead atoms. The van der Waals surface area contributed by atoms with E-state index in [0.29, 0.717) is 12.8 Å². The van der Waals surface area contributed by atoms with Gasteiger partial charge in [0.2, 0.25) is 5.91 Å². The molecular formula is C62H123NO5. The Morgan fingerprint density at radius 2 is 0.603 bits per heavy atom. The van der Waals surface area contributed by atoms with Crippen LogP contribution in [0.4, 0.5) is 0 Å². The minimum atomic E-state index is -1.28. The normalized spacial score (nSPS) is 13.7. The zero-order valence-electron chi connectivity index (χ0n) is 46.1. The maximum atomic E-state index is 12.6. The Labute approximate surface area is 425 Å². The van der Waals surface area contributed by atoms with Crippen molar-refractivity contribution in [3.05, 3.63) is 12.2 Å². The fourth-order valence-corrected chi connectivity index (χ4v) is 10.1. The fraction of sp³-hybridized carbons (Fsp3) is 0.952. The van der Waals surface area contributed by atoms with Gasteiger partial charge in [-0.15, -0.1) is 0 Å². The summed E-state index contributed by atoms with van der Waals surface area (Å²) in [5.74, 6) is -0.586. The molecule has 0 aliphatic heterocycles. The maximum Gasteiger partial charge on any atom is 0.249 e. The topological polar surface area (TPSA) is 110 Å². The van der Waals surface area contributed by atoms with Gasteiger partial charge in [0, 0.05) is 0 Å². The number of carbonyl (C=O) groups excluding carboxylic acids is 1. The molecule has 0 aromatic heterocycles. The first-order chi connectivity index (χ1) is 33.5. The summed E-state index contributed by atoms with van der Waals surface area (Å²) in [6.45, 7) is 4.08. The Morgan fingerprint density at radius 3 is 0.882 bits per heavy atom. The highest BCUT2D eigenvalue weighted by molar-refractivity contribution is 5.80. The van der Waals surface area contributed by atoms with E-state index in [1.807, 2.05) is 0 Å². The van der Waals surface area contributed by atoms with Gasteiger partial charge in [0.25, 0.3) is 0 Å². The lowest BCUT2D eigenvalue weighted by Crippen LogP contribution is -2.53. The van der Waals surface area contributed by atoms with Crippen molar-refractivity contribution in [3.63, 3.8) is 0 Å². The van der Waals surface area contributed by atoms with Crippen LogP contribution in [0.3, 0.4) is 0 Å². The molecule has 68 heavy (non-hydrogen) atoms. The van der Waals surface area contributed by atoms with E-state index in [1.165, 1.54) is 283 Å². The van der Waals surface area contributed by atoms with Crippen molar-refractivity contribution in [1.82, 2.24) is 5.32 Å². The van der Waals surface area contributed by atoms with Crippen LogP contribution in [0.1, 0.15) is 348 Å². The molecule has 6 nitrogen and oxygen atoms in total. The summed E-state index contributed by atoms with van der Waals surface area (Å²) in [6, 6.07) is -0.999. The standard InChI is InChI=1S/C62H123NO5/c1-3-5-7-9-11-13-15-17-19-21-22-23-24-25-26-27-28-29-30-31-32-33-34-35-36-37-38-39-40-42-44-46-48-50-52-54-56-60(66)62(68)63-58(57-64)61(67)59(65)55-53-51-49-47-45-43-41-20-18-16-14-12-10-8-6-4-2/h47,49,58-61,64-67H,3-46,48,50-57H2,1-2H3,(H,63,68)/b49-47+. The summed E-state index contributed by atoms with van der Waals surface area (Å²) in [4.78, 5) is 12.6. The van der Waals surface area contributed by atoms with Gasteiger partial charge in [-0.3, -0.25) is 4.79 Å². The summed E-state index contributed by atoms with van der Waals surface area (Å²) >= 11 is 0. The Morgan fingerprint density at radius 1 is 0.353 bits per heavy atom. The molecule has 0 aliphatic rings. The van der Waals surface area contributed by atoms with Crippen LogP contribution in [0.5, 0.6) is 0 Å². The van der Waals surface area contributed by atoms with E-state index in [0.717, 1.165) is 38.5 Å². The van der Waals surface area contributed by atoms with E-state index in [2.05, 4.69) is 31.3 Å². The van der Waals surface area contributed by atoms with Gasteiger partial charge in [-0.2, -0.15) is 0 Å². The predicted molar refractivity (Wildman–Crippen MR) is 298 cm³/mol. The number of aliphatic hydroxyl groups is 4. The number of aliphatic hydroxyl groups excluding tert-OH is 4. The lowest BCUT2D eigenvalue weighted by Gasteiger charge is -2.27. The molecule has 6 heteroatoms. The highest BCUT2D eigenvalue weighted by Gasteiger charge is 2.28. The van der Waals surface area contributed by atoms with Crippen molar-refractivity contribution in [3.8, 4) is 0 Å². The van der Waals surface area contributed by atoms with E-state index in [4.69, 9.17) is 0 Å². The third-order valence-corrected chi connectivity index (χ3v) is 15.0. The van der Waals surface area contributed by atoms with Crippen molar-refractivity contribution >= 4 is 5.91 Å². The fourth-order valence-electron chi connectivity index (χ4n) is 10.1. The van der Waals surface area contributed by atoms with Crippen molar-refractivity contribution in [1.29, 1.82) is 0 Å². The van der Waals surface area contributed by atoms with Crippen LogP contribution in [0.25, 0.3) is 0 Å². The van der Waals surface area contributed by atoms with Gasteiger partial charge < -0.3 is 25.7 Å². The van der Waals surface area contributed by atoms with Crippen molar-refractivity contribution < 1.29 is 25.2 Å². The van der Waals surface area contributed by atoms with E-state index < -0.39 is 36.9 Å². The van der Waals surface area contributed by atoms with Crippen LogP contribution >= 0.6 is 0 Å². The molecule has 0 saturated carbocycles. The quantitative estimate of drug-likeness (QED) is 0.0308. The predicted octanol–water partition coefficient (Wildman–Crippen LogP) is 18.4. The second-order valence-corrected chi connectivity index (χ2v) is 21.8. The first-order valence-electron chi connectivity index (χ1n) is 31.1. The summed E-state index contributed by atoms with van der Waals surface area (Å²) in [5, 5.41) is 43.9. The Hall–Kier alpha value is -0.950. The van der Waals surface area contributed by atoms with E-state index in [-0.39, 0.29) is 0 Å². The Bertz CT molecular complexity index is 990. The second kappa shape index (κ2) is 57.0. The molecule has 0 saturated heterocycles. The number of nitrogens with one attached hydrogen (secondary N) is 1. The highest BCUT2D eigenvalue weighted by atomic mass is 16.3. The van der Waals surface area contributed by atoms with Gasteiger partial charge >= 0.3 is 0 Å². The smallest absolute Gasteiger partial charge is 0.249 e. The van der Waals surface area contributed by atoms with Crippen molar-refractivity contribution in [2.24, 2.45) is 0 Å². The largest absolute Gasteiger partial charge is 0.394 e. The Kier molecular flexibility index (Phi) is 56.2. The number of allylic oxidation sites excluding steroid dienone is 2. The van der Waals surface area contributed by atoms with Crippen LogP contribution in [-0.4, -0.2) is 57.3 Å². The van der Waals surface area contributed by atoms with Crippen LogP contribution in [0, 0.1) is 0 Å². The monoisotopic (exact) mass is 962 g/mol. The minimum absolute atomic E-state index is 0.369. The zero-order chi connectivity index (χ0) is 49.5.